The molecule has 6 heteroatoms. The van der Waals surface area contributed by atoms with Gasteiger partial charge in [0.15, 0.2) is 5.69 Å². The second-order valence-electron chi connectivity index (χ2n) is 3.52. The van der Waals surface area contributed by atoms with Crippen molar-refractivity contribution in [1.82, 2.24) is 10.3 Å². The molecule has 0 aliphatic heterocycles. The van der Waals surface area contributed by atoms with Gasteiger partial charge in [-0.25, -0.2) is 9.78 Å². The standard InChI is InChI=1S/C11H14N2O4/c1-2-4-7(11(16)17)13-10(15)9-8(14)5-3-6-12-9/h3,5-7,14H,2,4H2,1H3,(H,13,15)(H,16,17)/t7-/m0/s1. The van der Waals surface area contributed by atoms with Crippen molar-refractivity contribution >= 4 is 11.9 Å². The molecule has 6 nitrogen and oxygen atoms in total. The lowest BCUT2D eigenvalue weighted by molar-refractivity contribution is -0.139. The van der Waals surface area contributed by atoms with Gasteiger partial charge < -0.3 is 15.5 Å². The highest BCUT2D eigenvalue weighted by Gasteiger charge is 2.21. The second kappa shape index (κ2) is 5.83. The van der Waals surface area contributed by atoms with E-state index in [1.807, 2.05) is 6.92 Å². The fourth-order valence-electron chi connectivity index (χ4n) is 1.34. The number of hydrogen-bond donors (Lipinski definition) is 3. The largest absolute Gasteiger partial charge is 0.505 e. The number of aromatic nitrogens is 1. The van der Waals surface area contributed by atoms with Gasteiger partial charge in [0.2, 0.25) is 0 Å². The SMILES string of the molecule is CCC[C@H](NC(=O)c1ncccc1O)C(=O)O. The summed E-state index contributed by atoms with van der Waals surface area (Å²) < 4.78 is 0. The maximum atomic E-state index is 11.7. The van der Waals surface area contributed by atoms with Crippen LogP contribution in [-0.4, -0.2) is 33.1 Å². The molecule has 0 saturated carbocycles. The zero-order chi connectivity index (χ0) is 12.8. The average molecular weight is 238 g/mol. The Labute approximate surface area is 98.3 Å². The predicted octanol–water partition coefficient (Wildman–Crippen LogP) is 0.770. The Morgan fingerprint density at radius 3 is 2.76 bits per heavy atom. The van der Waals surface area contributed by atoms with Gasteiger partial charge in [-0.2, -0.15) is 0 Å². The third-order valence-electron chi connectivity index (χ3n) is 2.18. The zero-order valence-electron chi connectivity index (χ0n) is 9.38. The van der Waals surface area contributed by atoms with Crippen LogP contribution in [0.25, 0.3) is 0 Å². The van der Waals surface area contributed by atoms with E-state index in [2.05, 4.69) is 10.3 Å². The Balaban J connectivity index is 2.77. The van der Waals surface area contributed by atoms with E-state index >= 15 is 0 Å². The molecule has 0 aromatic carbocycles. The number of nitrogens with one attached hydrogen (secondary N) is 1. The Bertz CT molecular complexity index is 420. The molecule has 0 unspecified atom stereocenters. The number of carbonyl (C=O) groups excluding carboxylic acids is 1. The molecule has 1 rings (SSSR count). The van der Waals surface area contributed by atoms with E-state index in [9.17, 15) is 14.7 Å². The van der Waals surface area contributed by atoms with Crippen LogP contribution in [0, 0.1) is 0 Å². The highest BCUT2D eigenvalue weighted by molar-refractivity contribution is 5.96. The smallest absolute Gasteiger partial charge is 0.326 e. The number of carbonyl (C=O) groups is 2. The number of carboxylic acids is 1. The minimum absolute atomic E-state index is 0.171. The van der Waals surface area contributed by atoms with Crippen molar-refractivity contribution in [2.75, 3.05) is 0 Å². The third-order valence-corrected chi connectivity index (χ3v) is 2.18. The summed E-state index contributed by atoms with van der Waals surface area (Å²) in [5.41, 5.74) is -0.171. The lowest BCUT2D eigenvalue weighted by atomic mass is 10.1. The van der Waals surface area contributed by atoms with Gasteiger partial charge in [-0.05, 0) is 18.6 Å². The average Bonchev–Trinajstić information content (AvgIpc) is 2.28. The van der Waals surface area contributed by atoms with E-state index in [0.29, 0.717) is 12.8 Å². The van der Waals surface area contributed by atoms with Gasteiger partial charge in [-0.15, -0.1) is 0 Å². The number of nitrogens with zero attached hydrogens (tertiary/aromatic N) is 1. The van der Waals surface area contributed by atoms with Crippen LogP contribution < -0.4 is 5.32 Å². The molecule has 1 aromatic rings. The maximum absolute atomic E-state index is 11.7. The normalized spacial score (nSPS) is 11.8. The van der Waals surface area contributed by atoms with E-state index in [1.165, 1.54) is 18.3 Å². The number of amides is 1. The summed E-state index contributed by atoms with van der Waals surface area (Å²) in [4.78, 5) is 26.2. The van der Waals surface area contributed by atoms with Crippen LogP contribution in [-0.2, 0) is 4.79 Å². The molecule has 0 bridgehead atoms. The fraction of sp³-hybridized carbons (Fsp3) is 0.364. The quantitative estimate of drug-likeness (QED) is 0.703. The maximum Gasteiger partial charge on any atom is 0.326 e. The van der Waals surface area contributed by atoms with Crippen molar-refractivity contribution < 1.29 is 19.8 Å². The second-order valence-corrected chi connectivity index (χ2v) is 3.52. The first-order chi connectivity index (χ1) is 8.06. The van der Waals surface area contributed by atoms with Crippen LogP contribution in [0.15, 0.2) is 18.3 Å². The van der Waals surface area contributed by atoms with Gasteiger partial charge in [0, 0.05) is 6.20 Å². The Hall–Kier alpha value is -2.11. The molecular weight excluding hydrogens is 224 g/mol. The Morgan fingerprint density at radius 1 is 1.53 bits per heavy atom. The lowest BCUT2D eigenvalue weighted by Gasteiger charge is -2.13. The van der Waals surface area contributed by atoms with Crippen LogP contribution in [0.3, 0.4) is 0 Å². The summed E-state index contributed by atoms with van der Waals surface area (Å²) in [6.45, 7) is 1.82. The number of carboxylic acid groups (broad SMARTS) is 1. The predicted molar refractivity (Wildman–Crippen MR) is 59.7 cm³/mol. The highest BCUT2D eigenvalue weighted by Crippen LogP contribution is 2.12. The number of pyridine rings is 1. The first-order valence-corrected chi connectivity index (χ1v) is 5.24. The summed E-state index contributed by atoms with van der Waals surface area (Å²) >= 11 is 0. The summed E-state index contributed by atoms with van der Waals surface area (Å²) in [5, 5.41) is 20.6. The summed E-state index contributed by atoms with van der Waals surface area (Å²) in [5.74, 6) is -2.06. The molecule has 1 heterocycles. The van der Waals surface area contributed by atoms with Gasteiger partial charge in [0.05, 0.1) is 0 Å². The number of rotatable bonds is 5. The van der Waals surface area contributed by atoms with E-state index < -0.39 is 17.9 Å². The minimum atomic E-state index is -1.10. The van der Waals surface area contributed by atoms with Gasteiger partial charge in [0.25, 0.3) is 5.91 Å². The van der Waals surface area contributed by atoms with Gasteiger partial charge in [0.1, 0.15) is 11.8 Å². The minimum Gasteiger partial charge on any atom is -0.505 e. The van der Waals surface area contributed by atoms with Crippen LogP contribution in [0.2, 0.25) is 0 Å². The Morgan fingerprint density at radius 2 is 2.24 bits per heavy atom. The van der Waals surface area contributed by atoms with E-state index in [4.69, 9.17) is 5.11 Å². The number of aliphatic carboxylic acids is 1. The molecule has 17 heavy (non-hydrogen) atoms. The first-order valence-electron chi connectivity index (χ1n) is 5.24. The number of hydrogen-bond acceptors (Lipinski definition) is 4. The third kappa shape index (κ3) is 3.44. The summed E-state index contributed by atoms with van der Waals surface area (Å²) in [6, 6.07) is 1.83. The number of aromatic hydroxyl groups is 1. The molecule has 0 radical (unpaired) electrons. The zero-order valence-corrected chi connectivity index (χ0v) is 9.38. The molecule has 0 aliphatic rings. The molecule has 3 N–H and O–H groups in total. The van der Waals surface area contributed by atoms with Gasteiger partial charge in [-0.3, -0.25) is 4.79 Å². The molecule has 0 spiro atoms. The van der Waals surface area contributed by atoms with Crippen molar-refractivity contribution in [3.63, 3.8) is 0 Å². The van der Waals surface area contributed by atoms with Crippen LogP contribution in [0.4, 0.5) is 0 Å². The Kier molecular flexibility index (Phi) is 4.45. The van der Waals surface area contributed by atoms with E-state index in [-0.39, 0.29) is 11.4 Å². The van der Waals surface area contributed by atoms with Crippen LogP contribution >= 0.6 is 0 Å². The van der Waals surface area contributed by atoms with Gasteiger partial charge in [-0.1, -0.05) is 13.3 Å². The summed E-state index contributed by atoms with van der Waals surface area (Å²) in [7, 11) is 0. The molecular formula is C11H14N2O4. The lowest BCUT2D eigenvalue weighted by Crippen LogP contribution is -2.40. The van der Waals surface area contributed by atoms with Crippen molar-refractivity contribution in [2.45, 2.75) is 25.8 Å². The van der Waals surface area contributed by atoms with Crippen molar-refractivity contribution in [2.24, 2.45) is 0 Å². The van der Waals surface area contributed by atoms with Crippen molar-refractivity contribution in [3.8, 4) is 5.75 Å². The van der Waals surface area contributed by atoms with Gasteiger partial charge >= 0.3 is 5.97 Å². The molecule has 0 fully saturated rings. The van der Waals surface area contributed by atoms with E-state index in [0.717, 1.165) is 0 Å². The van der Waals surface area contributed by atoms with Crippen molar-refractivity contribution in [1.29, 1.82) is 0 Å². The highest BCUT2D eigenvalue weighted by atomic mass is 16.4. The topological polar surface area (TPSA) is 99.5 Å². The monoisotopic (exact) mass is 238 g/mol. The van der Waals surface area contributed by atoms with E-state index in [1.54, 1.807) is 0 Å². The van der Waals surface area contributed by atoms with Crippen LogP contribution in [0.5, 0.6) is 5.75 Å². The fourth-order valence-corrected chi connectivity index (χ4v) is 1.34. The first kappa shape index (κ1) is 13.0. The van der Waals surface area contributed by atoms with Crippen LogP contribution in [0.1, 0.15) is 30.3 Å². The molecule has 0 saturated heterocycles. The molecule has 92 valence electrons. The van der Waals surface area contributed by atoms with Crippen molar-refractivity contribution in [3.05, 3.63) is 24.0 Å². The molecule has 1 atom stereocenters. The molecule has 1 aromatic heterocycles. The molecule has 1 amide bonds. The summed E-state index contributed by atoms with van der Waals surface area (Å²) in [6.07, 6.45) is 2.31. The molecule has 0 aliphatic carbocycles.